The van der Waals surface area contributed by atoms with E-state index in [1.54, 1.807) is 11.8 Å². The monoisotopic (exact) mass is 287 g/mol. The summed E-state index contributed by atoms with van der Waals surface area (Å²) in [4.78, 5) is 10.4. The lowest BCUT2D eigenvalue weighted by Gasteiger charge is -2.08. The highest BCUT2D eigenvalue weighted by molar-refractivity contribution is 7.98. The van der Waals surface area contributed by atoms with Crippen LogP contribution in [0.3, 0.4) is 0 Å². The van der Waals surface area contributed by atoms with Crippen LogP contribution < -0.4 is 5.32 Å². The molecule has 0 radical (unpaired) electrons. The van der Waals surface area contributed by atoms with Gasteiger partial charge in [-0.3, -0.25) is 0 Å². The molecule has 0 fully saturated rings. The van der Waals surface area contributed by atoms with Gasteiger partial charge in [0.1, 0.15) is 11.6 Å². The van der Waals surface area contributed by atoms with E-state index in [-0.39, 0.29) is 0 Å². The first-order chi connectivity index (χ1) is 9.71. The summed E-state index contributed by atoms with van der Waals surface area (Å²) in [5, 5.41) is 3.27. The van der Waals surface area contributed by atoms with Crippen LogP contribution >= 0.6 is 11.8 Å². The highest BCUT2D eigenvalue weighted by atomic mass is 32.2. The zero-order valence-corrected chi connectivity index (χ0v) is 13.1. The number of hydrogen-bond acceptors (Lipinski definition) is 4. The molecule has 2 rings (SSSR count). The van der Waals surface area contributed by atoms with Gasteiger partial charge < -0.3 is 5.32 Å². The van der Waals surface area contributed by atoms with Crippen molar-refractivity contribution in [2.24, 2.45) is 0 Å². The van der Waals surface area contributed by atoms with E-state index >= 15 is 0 Å². The molecule has 0 aliphatic carbocycles. The summed E-state index contributed by atoms with van der Waals surface area (Å²) in [5.74, 6) is 2.62. The second-order valence-electron chi connectivity index (χ2n) is 4.65. The molecule has 0 atom stereocenters. The fraction of sp³-hybridized carbons (Fsp3) is 0.375. The van der Waals surface area contributed by atoms with Crippen LogP contribution in [0.2, 0.25) is 0 Å². The van der Waals surface area contributed by atoms with E-state index in [0.29, 0.717) is 0 Å². The van der Waals surface area contributed by atoms with Crippen LogP contribution in [0.4, 0.5) is 5.82 Å². The molecule has 0 saturated heterocycles. The molecule has 0 amide bonds. The van der Waals surface area contributed by atoms with Crippen LogP contribution in [0.1, 0.15) is 30.9 Å². The Bertz CT molecular complexity index is 552. The molecule has 20 heavy (non-hydrogen) atoms. The Hall–Kier alpha value is -1.55. The predicted molar refractivity (Wildman–Crippen MR) is 86.3 cm³/mol. The van der Waals surface area contributed by atoms with E-state index in [1.165, 1.54) is 10.5 Å². The molecule has 1 aromatic carbocycles. The Labute approximate surface area is 125 Å². The van der Waals surface area contributed by atoms with Crippen LogP contribution in [-0.2, 0) is 12.2 Å². The average molecular weight is 287 g/mol. The van der Waals surface area contributed by atoms with Crippen molar-refractivity contribution in [3.8, 4) is 0 Å². The third-order valence-corrected chi connectivity index (χ3v) is 3.94. The zero-order valence-electron chi connectivity index (χ0n) is 12.3. The normalized spacial score (nSPS) is 10.6. The largest absolute Gasteiger partial charge is 0.370 e. The lowest BCUT2D eigenvalue weighted by atomic mass is 10.2. The Morgan fingerprint density at radius 2 is 1.85 bits per heavy atom. The van der Waals surface area contributed by atoms with Gasteiger partial charge in [-0.25, -0.2) is 9.97 Å². The maximum Gasteiger partial charge on any atom is 0.141 e. The zero-order chi connectivity index (χ0) is 14.4. The minimum atomic E-state index is 0.801. The number of aromatic nitrogens is 2. The average Bonchev–Trinajstić information content (AvgIpc) is 2.47. The Morgan fingerprint density at radius 3 is 2.50 bits per heavy atom. The lowest BCUT2D eigenvalue weighted by Crippen LogP contribution is -2.05. The van der Waals surface area contributed by atoms with E-state index in [2.05, 4.69) is 60.3 Å². The number of nitrogens with zero attached hydrogens (tertiary/aromatic N) is 2. The summed E-state index contributed by atoms with van der Waals surface area (Å²) in [6.07, 6.45) is 0.934. The third kappa shape index (κ3) is 4.23. The number of benzene rings is 1. The van der Waals surface area contributed by atoms with Crippen molar-refractivity contribution < 1.29 is 0 Å². The number of nitrogens with one attached hydrogen (secondary N) is 1. The summed E-state index contributed by atoms with van der Waals surface area (Å²) in [7, 11) is 0. The summed E-state index contributed by atoms with van der Waals surface area (Å²) >= 11 is 1.78. The molecular weight excluding hydrogens is 266 g/mol. The smallest absolute Gasteiger partial charge is 0.141 e. The second-order valence-corrected chi connectivity index (χ2v) is 5.70. The van der Waals surface area contributed by atoms with Gasteiger partial charge >= 0.3 is 0 Å². The van der Waals surface area contributed by atoms with Gasteiger partial charge in [-0.1, -0.05) is 24.6 Å². The lowest BCUT2D eigenvalue weighted by molar-refractivity contribution is 0.936. The molecule has 4 heteroatoms. The second kappa shape index (κ2) is 7.29. The van der Waals surface area contributed by atoms with Crippen molar-refractivity contribution >= 4 is 17.6 Å². The van der Waals surface area contributed by atoms with Crippen molar-refractivity contribution in [3.63, 3.8) is 0 Å². The van der Waals surface area contributed by atoms with Crippen LogP contribution in [-0.4, -0.2) is 16.5 Å². The summed E-state index contributed by atoms with van der Waals surface area (Å²) in [6.45, 7) is 7.18. The van der Waals surface area contributed by atoms with Gasteiger partial charge in [0.25, 0.3) is 0 Å². The first-order valence-electron chi connectivity index (χ1n) is 7.01. The summed E-state index contributed by atoms with van der Waals surface area (Å²) < 4.78 is 0. The maximum atomic E-state index is 4.59. The van der Waals surface area contributed by atoms with Crippen LogP contribution in [0.15, 0.2) is 35.2 Å². The molecule has 106 valence electrons. The van der Waals surface area contributed by atoms with Crippen LogP contribution in [0.25, 0.3) is 0 Å². The number of thioether (sulfide) groups is 1. The van der Waals surface area contributed by atoms with Crippen molar-refractivity contribution in [1.29, 1.82) is 0 Å². The highest BCUT2D eigenvalue weighted by Gasteiger charge is 2.04. The Kier molecular flexibility index (Phi) is 5.41. The van der Waals surface area contributed by atoms with E-state index in [4.69, 9.17) is 0 Å². The summed E-state index contributed by atoms with van der Waals surface area (Å²) in [5.41, 5.74) is 2.38. The minimum absolute atomic E-state index is 0.801. The Balaban J connectivity index is 2.07. The van der Waals surface area contributed by atoms with Crippen molar-refractivity contribution in [1.82, 2.24) is 9.97 Å². The van der Waals surface area contributed by atoms with Gasteiger partial charge in [-0.2, -0.15) is 0 Å². The van der Waals surface area contributed by atoms with Gasteiger partial charge in [0.05, 0.1) is 5.75 Å². The van der Waals surface area contributed by atoms with Crippen LogP contribution in [0, 0.1) is 6.92 Å². The molecule has 0 unspecified atom stereocenters. The number of hydrogen-bond donors (Lipinski definition) is 1. The topological polar surface area (TPSA) is 37.8 Å². The first-order valence-corrected chi connectivity index (χ1v) is 8.00. The fourth-order valence-electron chi connectivity index (χ4n) is 1.85. The van der Waals surface area contributed by atoms with Gasteiger partial charge in [-0.15, -0.1) is 11.8 Å². The van der Waals surface area contributed by atoms with Gasteiger partial charge in [0.15, 0.2) is 0 Å². The van der Waals surface area contributed by atoms with E-state index in [1.807, 2.05) is 6.07 Å². The molecule has 1 heterocycles. The SMILES string of the molecule is CCNc1cc(CC)nc(CSc2ccc(C)cc2)n1. The number of rotatable bonds is 6. The molecule has 2 aromatic rings. The molecule has 1 aromatic heterocycles. The third-order valence-electron chi connectivity index (χ3n) is 2.93. The van der Waals surface area contributed by atoms with E-state index < -0.39 is 0 Å². The minimum Gasteiger partial charge on any atom is -0.370 e. The fourth-order valence-corrected chi connectivity index (χ4v) is 2.61. The first kappa shape index (κ1) is 14.9. The molecule has 0 bridgehead atoms. The highest BCUT2D eigenvalue weighted by Crippen LogP contribution is 2.22. The van der Waals surface area contributed by atoms with Crippen LogP contribution in [0.5, 0.6) is 0 Å². The standard InChI is InChI=1S/C16H21N3S/c1-4-13-10-15(17-5-2)19-16(18-13)11-20-14-8-6-12(3)7-9-14/h6-10H,4-5,11H2,1-3H3,(H,17,18,19). The maximum absolute atomic E-state index is 4.59. The number of aryl methyl sites for hydroxylation is 2. The molecule has 0 aliphatic rings. The molecule has 0 saturated carbocycles. The van der Waals surface area contributed by atoms with Gasteiger partial charge in [0, 0.05) is 23.2 Å². The van der Waals surface area contributed by atoms with Gasteiger partial charge in [-0.05, 0) is 32.4 Å². The van der Waals surface area contributed by atoms with Crippen molar-refractivity contribution in [2.45, 2.75) is 37.8 Å². The molecule has 0 aliphatic heterocycles. The molecule has 0 spiro atoms. The van der Waals surface area contributed by atoms with E-state index in [0.717, 1.165) is 36.1 Å². The molecule has 1 N–H and O–H groups in total. The predicted octanol–water partition coefficient (Wildman–Crippen LogP) is 4.07. The van der Waals surface area contributed by atoms with Crippen molar-refractivity contribution in [3.05, 3.63) is 47.4 Å². The van der Waals surface area contributed by atoms with Gasteiger partial charge in [0.2, 0.25) is 0 Å². The van der Waals surface area contributed by atoms with Crippen molar-refractivity contribution in [2.75, 3.05) is 11.9 Å². The molecule has 3 nitrogen and oxygen atoms in total. The summed E-state index contributed by atoms with van der Waals surface area (Å²) in [6, 6.07) is 10.6. The quantitative estimate of drug-likeness (QED) is 0.813. The van der Waals surface area contributed by atoms with E-state index in [9.17, 15) is 0 Å². The number of anilines is 1. The molecular formula is C16H21N3S. The Morgan fingerprint density at radius 1 is 1.10 bits per heavy atom.